The lowest BCUT2D eigenvalue weighted by molar-refractivity contribution is -0.126. The summed E-state index contributed by atoms with van der Waals surface area (Å²) in [7, 11) is 0. The van der Waals surface area contributed by atoms with Gasteiger partial charge in [0, 0.05) is 31.1 Å². The van der Waals surface area contributed by atoms with Crippen LogP contribution in [0.25, 0.3) is 0 Å². The molecule has 0 bridgehead atoms. The van der Waals surface area contributed by atoms with Gasteiger partial charge in [-0.2, -0.15) is 0 Å². The molecule has 1 heterocycles. The highest BCUT2D eigenvalue weighted by atomic mass is 19.1. The molecule has 3 rings (SSSR count). The maximum Gasteiger partial charge on any atom is 0.253 e. The Morgan fingerprint density at radius 1 is 1.21 bits per heavy atom. The van der Waals surface area contributed by atoms with Crippen LogP contribution < -0.4 is 5.32 Å². The SMILES string of the molecule is C=CCNC(=O)C1CC(c2ccc(F)c(C)c2)CN(C(=O)c2ccccc2)C1. The van der Waals surface area contributed by atoms with Gasteiger partial charge in [-0.3, -0.25) is 9.59 Å². The Morgan fingerprint density at radius 2 is 1.96 bits per heavy atom. The van der Waals surface area contributed by atoms with Gasteiger partial charge in [-0.15, -0.1) is 6.58 Å². The predicted octanol–water partition coefficient (Wildman–Crippen LogP) is 3.68. The minimum absolute atomic E-state index is 0.0276. The standard InChI is InChI=1S/C23H25FN2O2/c1-3-11-25-22(27)20-13-19(18-9-10-21(24)16(2)12-18)14-26(15-20)23(28)17-7-5-4-6-8-17/h3-10,12,19-20H,1,11,13-15H2,2H3,(H,25,27). The van der Waals surface area contributed by atoms with Gasteiger partial charge in [0.15, 0.2) is 0 Å². The maximum absolute atomic E-state index is 13.7. The van der Waals surface area contributed by atoms with Crippen LogP contribution in [0, 0.1) is 18.7 Å². The van der Waals surface area contributed by atoms with Crippen molar-refractivity contribution >= 4 is 11.8 Å². The van der Waals surface area contributed by atoms with Crippen LogP contribution in [0.1, 0.15) is 33.8 Å². The number of hydrogen-bond donors (Lipinski definition) is 1. The fourth-order valence-corrected chi connectivity index (χ4v) is 3.70. The van der Waals surface area contributed by atoms with Gasteiger partial charge in [-0.25, -0.2) is 4.39 Å². The summed E-state index contributed by atoms with van der Waals surface area (Å²) >= 11 is 0. The Balaban J connectivity index is 1.87. The van der Waals surface area contributed by atoms with Gasteiger partial charge in [-0.1, -0.05) is 36.4 Å². The number of hydrogen-bond acceptors (Lipinski definition) is 2. The van der Waals surface area contributed by atoms with E-state index < -0.39 is 0 Å². The summed E-state index contributed by atoms with van der Waals surface area (Å²) in [4.78, 5) is 27.3. The molecule has 1 aliphatic heterocycles. The highest BCUT2D eigenvalue weighted by Crippen LogP contribution is 2.32. The Bertz CT molecular complexity index is 866. The topological polar surface area (TPSA) is 49.4 Å². The number of carbonyl (C=O) groups is 2. The number of amides is 2. The summed E-state index contributed by atoms with van der Waals surface area (Å²) in [5, 5.41) is 2.84. The van der Waals surface area contributed by atoms with Gasteiger partial charge in [0.25, 0.3) is 5.91 Å². The summed E-state index contributed by atoms with van der Waals surface area (Å²) in [6, 6.07) is 14.1. The molecule has 2 aromatic carbocycles. The molecule has 0 aromatic heterocycles. The molecule has 0 saturated carbocycles. The Hall–Kier alpha value is -2.95. The highest BCUT2D eigenvalue weighted by Gasteiger charge is 2.34. The van der Waals surface area contributed by atoms with Crippen LogP contribution >= 0.6 is 0 Å². The third-order valence-corrected chi connectivity index (χ3v) is 5.20. The third-order valence-electron chi connectivity index (χ3n) is 5.20. The molecule has 2 atom stereocenters. The summed E-state index contributed by atoms with van der Waals surface area (Å²) in [5.41, 5.74) is 2.12. The van der Waals surface area contributed by atoms with Gasteiger partial charge in [0.2, 0.25) is 5.91 Å². The lowest BCUT2D eigenvalue weighted by Crippen LogP contribution is -2.48. The van der Waals surface area contributed by atoms with Crippen LogP contribution in [0.5, 0.6) is 0 Å². The average molecular weight is 380 g/mol. The predicted molar refractivity (Wildman–Crippen MR) is 108 cm³/mol. The van der Waals surface area contributed by atoms with Crippen molar-refractivity contribution in [1.29, 1.82) is 0 Å². The van der Waals surface area contributed by atoms with E-state index in [0.717, 1.165) is 5.56 Å². The normalized spacial score (nSPS) is 19.1. The van der Waals surface area contributed by atoms with Crippen LogP contribution in [-0.2, 0) is 4.79 Å². The molecule has 1 saturated heterocycles. The number of aryl methyl sites for hydroxylation is 1. The number of benzene rings is 2. The van der Waals surface area contributed by atoms with Crippen LogP contribution in [0.2, 0.25) is 0 Å². The van der Waals surface area contributed by atoms with Crippen molar-refractivity contribution in [2.24, 2.45) is 5.92 Å². The van der Waals surface area contributed by atoms with Gasteiger partial charge in [-0.05, 0) is 42.7 Å². The van der Waals surface area contributed by atoms with Crippen molar-refractivity contribution in [3.8, 4) is 0 Å². The number of halogens is 1. The Morgan fingerprint density at radius 3 is 2.64 bits per heavy atom. The zero-order valence-corrected chi connectivity index (χ0v) is 16.0. The zero-order chi connectivity index (χ0) is 20.1. The van der Waals surface area contributed by atoms with Crippen molar-refractivity contribution in [3.63, 3.8) is 0 Å². The first kappa shape index (κ1) is 19.8. The molecule has 0 radical (unpaired) electrons. The molecular weight excluding hydrogens is 355 g/mol. The molecule has 1 fully saturated rings. The molecule has 1 aliphatic rings. The van der Waals surface area contributed by atoms with Crippen LogP contribution in [-0.4, -0.2) is 36.3 Å². The quantitative estimate of drug-likeness (QED) is 0.805. The number of carbonyl (C=O) groups excluding carboxylic acids is 2. The second-order valence-corrected chi connectivity index (χ2v) is 7.25. The second-order valence-electron chi connectivity index (χ2n) is 7.25. The molecule has 2 amide bonds. The van der Waals surface area contributed by atoms with Crippen LogP contribution in [0.4, 0.5) is 4.39 Å². The molecule has 28 heavy (non-hydrogen) atoms. The number of likely N-dealkylation sites (tertiary alicyclic amines) is 1. The van der Waals surface area contributed by atoms with E-state index in [2.05, 4.69) is 11.9 Å². The first-order valence-electron chi connectivity index (χ1n) is 9.48. The van der Waals surface area contributed by atoms with Crippen molar-refractivity contribution in [1.82, 2.24) is 10.2 Å². The minimum Gasteiger partial charge on any atom is -0.352 e. The molecule has 146 valence electrons. The van der Waals surface area contributed by atoms with Crippen molar-refractivity contribution < 1.29 is 14.0 Å². The van der Waals surface area contributed by atoms with E-state index in [1.54, 1.807) is 36.1 Å². The lowest BCUT2D eigenvalue weighted by atomic mass is 9.83. The summed E-state index contributed by atoms with van der Waals surface area (Å²) in [6.07, 6.45) is 2.25. The zero-order valence-electron chi connectivity index (χ0n) is 16.0. The first-order valence-corrected chi connectivity index (χ1v) is 9.48. The van der Waals surface area contributed by atoms with Crippen LogP contribution in [0.15, 0.2) is 61.2 Å². The van der Waals surface area contributed by atoms with E-state index in [4.69, 9.17) is 0 Å². The molecule has 5 heteroatoms. The van der Waals surface area contributed by atoms with Gasteiger partial charge in [0.1, 0.15) is 5.82 Å². The van der Waals surface area contributed by atoms with Crippen molar-refractivity contribution in [2.45, 2.75) is 19.3 Å². The van der Waals surface area contributed by atoms with Crippen LogP contribution in [0.3, 0.4) is 0 Å². The molecule has 4 nitrogen and oxygen atoms in total. The highest BCUT2D eigenvalue weighted by molar-refractivity contribution is 5.94. The smallest absolute Gasteiger partial charge is 0.253 e. The van der Waals surface area contributed by atoms with E-state index in [0.29, 0.717) is 37.2 Å². The van der Waals surface area contributed by atoms with E-state index in [1.165, 1.54) is 6.07 Å². The van der Waals surface area contributed by atoms with E-state index in [9.17, 15) is 14.0 Å². The fourth-order valence-electron chi connectivity index (χ4n) is 3.70. The summed E-state index contributed by atoms with van der Waals surface area (Å²) in [6.45, 7) is 6.61. The molecule has 0 spiro atoms. The Kier molecular flexibility index (Phi) is 6.24. The van der Waals surface area contributed by atoms with Gasteiger partial charge in [0.05, 0.1) is 5.92 Å². The fraction of sp³-hybridized carbons (Fsp3) is 0.304. The van der Waals surface area contributed by atoms with Gasteiger partial charge < -0.3 is 10.2 Å². The van der Waals surface area contributed by atoms with Gasteiger partial charge >= 0.3 is 0 Å². The van der Waals surface area contributed by atoms with E-state index in [1.807, 2.05) is 24.3 Å². The molecule has 2 unspecified atom stereocenters. The number of nitrogens with one attached hydrogen (secondary N) is 1. The third kappa shape index (κ3) is 4.47. The summed E-state index contributed by atoms with van der Waals surface area (Å²) < 4.78 is 13.7. The molecule has 0 aliphatic carbocycles. The second kappa shape index (κ2) is 8.83. The maximum atomic E-state index is 13.7. The first-order chi connectivity index (χ1) is 13.5. The van der Waals surface area contributed by atoms with Crippen molar-refractivity contribution in [3.05, 3.63) is 83.7 Å². The summed E-state index contributed by atoms with van der Waals surface area (Å²) in [5.74, 6) is -0.783. The van der Waals surface area contributed by atoms with Crippen molar-refractivity contribution in [2.75, 3.05) is 19.6 Å². The molecule has 1 N–H and O–H groups in total. The number of rotatable bonds is 5. The Labute approximate surface area is 165 Å². The largest absolute Gasteiger partial charge is 0.352 e. The van der Waals surface area contributed by atoms with E-state index in [-0.39, 0.29) is 29.5 Å². The monoisotopic (exact) mass is 380 g/mol. The number of nitrogens with zero attached hydrogens (tertiary/aromatic N) is 1. The molecule has 2 aromatic rings. The lowest BCUT2D eigenvalue weighted by Gasteiger charge is -2.37. The van der Waals surface area contributed by atoms with E-state index >= 15 is 0 Å². The minimum atomic E-state index is -0.322. The number of piperidine rings is 1. The molecular formula is C23H25FN2O2. The average Bonchev–Trinajstić information content (AvgIpc) is 2.73.